The second kappa shape index (κ2) is 5.15. The fraction of sp³-hybridized carbons (Fsp3) is 0.556. The van der Waals surface area contributed by atoms with E-state index in [1.54, 1.807) is 0 Å². The van der Waals surface area contributed by atoms with Crippen molar-refractivity contribution in [2.75, 3.05) is 0 Å². The molecule has 1 atom stereocenters. The highest BCUT2D eigenvalue weighted by molar-refractivity contribution is 5.80. The number of rotatable bonds is 3. The lowest BCUT2D eigenvalue weighted by molar-refractivity contribution is -0.0414. The third-order valence-corrected chi connectivity index (χ3v) is 5.27. The monoisotopic (exact) mass is 285 g/mol. The number of nitrogens with zero attached hydrogens (tertiary/aromatic N) is 1. The molecule has 1 aliphatic heterocycles. The molecule has 0 radical (unpaired) electrons. The molecule has 4 rings (SSSR count). The van der Waals surface area contributed by atoms with Gasteiger partial charge in [-0.15, -0.1) is 0 Å². The Labute approximate surface area is 125 Å². The molecule has 1 aromatic heterocycles. The van der Waals surface area contributed by atoms with Gasteiger partial charge in [0.05, 0.1) is 18.3 Å². The number of benzene rings is 1. The Hall–Kier alpha value is -1.32. The van der Waals surface area contributed by atoms with Crippen LogP contribution in [0.1, 0.15) is 44.1 Å². The fourth-order valence-electron chi connectivity index (χ4n) is 4.14. The minimum absolute atomic E-state index is 0.107. The predicted molar refractivity (Wildman–Crippen MR) is 83.2 cm³/mol. The molecule has 112 valence electrons. The Morgan fingerprint density at radius 1 is 1.19 bits per heavy atom. The predicted octanol–water partition coefficient (Wildman–Crippen LogP) is 3.63. The number of aliphatic hydroxyl groups excluding tert-OH is 1. The van der Waals surface area contributed by atoms with Gasteiger partial charge in [-0.05, 0) is 54.8 Å². The molecule has 21 heavy (non-hydrogen) atoms. The molecular weight excluding hydrogens is 262 g/mol. The Kier molecular flexibility index (Phi) is 3.27. The Morgan fingerprint density at radius 3 is 2.86 bits per heavy atom. The maximum atomic E-state index is 9.22. The molecule has 0 amide bonds. The average Bonchev–Trinajstić information content (AvgIpc) is 3.22. The summed E-state index contributed by atoms with van der Waals surface area (Å²) in [5, 5.41) is 10.4. The topological polar surface area (TPSA) is 34.4 Å². The standard InChI is InChI=1S/C18H23NO2/c20-13-14-3-4-17-15(11-14)6-10-19(17)12-16-5-9-18(21-16)7-1-2-8-18/h3-4,6,10-11,16,20H,1-2,5,7-9,12-13H2. The van der Waals surface area contributed by atoms with Crippen LogP contribution in [0.15, 0.2) is 30.5 Å². The van der Waals surface area contributed by atoms with Crippen molar-refractivity contribution < 1.29 is 9.84 Å². The van der Waals surface area contributed by atoms with Crippen molar-refractivity contribution >= 4 is 10.9 Å². The number of hydrogen-bond donors (Lipinski definition) is 1. The second-order valence-electron chi connectivity index (χ2n) is 6.69. The van der Waals surface area contributed by atoms with Crippen molar-refractivity contribution in [3.63, 3.8) is 0 Å². The molecule has 2 aliphatic rings. The number of aromatic nitrogens is 1. The highest BCUT2D eigenvalue weighted by Gasteiger charge is 2.42. The maximum absolute atomic E-state index is 9.22. The Morgan fingerprint density at radius 2 is 2.05 bits per heavy atom. The normalized spacial score (nSPS) is 24.3. The Balaban J connectivity index is 1.52. The first-order chi connectivity index (χ1) is 10.3. The van der Waals surface area contributed by atoms with E-state index in [1.807, 2.05) is 6.07 Å². The van der Waals surface area contributed by atoms with Crippen LogP contribution in [-0.2, 0) is 17.9 Å². The van der Waals surface area contributed by atoms with E-state index in [2.05, 4.69) is 29.0 Å². The van der Waals surface area contributed by atoms with Crippen LogP contribution in [0.5, 0.6) is 0 Å². The van der Waals surface area contributed by atoms with Crippen LogP contribution < -0.4 is 0 Å². The lowest BCUT2D eigenvalue weighted by Crippen LogP contribution is -2.26. The molecule has 1 saturated heterocycles. The molecule has 1 unspecified atom stereocenters. The van der Waals surface area contributed by atoms with E-state index < -0.39 is 0 Å². The maximum Gasteiger partial charge on any atom is 0.0762 e. The molecule has 2 heterocycles. The van der Waals surface area contributed by atoms with Crippen LogP contribution in [0, 0.1) is 0 Å². The first-order valence-electron chi connectivity index (χ1n) is 8.14. The average molecular weight is 285 g/mol. The lowest BCUT2D eigenvalue weighted by Gasteiger charge is -2.24. The van der Waals surface area contributed by atoms with Gasteiger partial charge in [0.25, 0.3) is 0 Å². The zero-order chi connectivity index (χ0) is 14.3. The van der Waals surface area contributed by atoms with Gasteiger partial charge in [-0.1, -0.05) is 18.9 Å². The smallest absolute Gasteiger partial charge is 0.0762 e. The summed E-state index contributed by atoms with van der Waals surface area (Å²) < 4.78 is 8.72. The molecule has 1 aliphatic carbocycles. The first-order valence-corrected chi connectivity index (χ1v) is 8.14. The van der Waals surface area contributed by atoms with Crippen LogP contribution in [-0.4, -0.2) is 21.4 Å². The Bertz CT molecular complexity index is 640. The van der Waals surface area contributed by atoms with Gasteiger partial charge in [0.1, 0.15) is 0 Å². The molecule has 3 nitrogen and oxygen atoms in total. The van der Waals surface area contributed by atoms with E-state index in [1.165, 1.54) is 49.4 Å². The van der Waals surface area contributed by atoms with Crippen LogP contribution in [0.4, 0.5) is 0 Å². The molecule has 1 N–H and O–H groups in total. The molecular formula is C18H23NO2. The van der Waals surface area contributed by atoms with Crippen LogP contribution in [0.3, 0.4) is 0 Å². The number of fused-ring (bicyclic) bond motifs is 1. The van der Waals surface area contributed by atoms with E-state index in [0.717, 1.165) is 12.1 Å². The van der Waals surface area contributed by atoms with E-state index in [9.17, 15) is 5.11 Å². The fourth-order valence-corrected chi connectivity index (χ4v) is 4.14. The molecule has 2 aromatic rings. The zero-order valence-electron chi connectivity index (χ0n) is 12.4. The van der Waals surface area contributed by atoms with Crippen molar-refractivity contribution in [3.05, 3.63) is 36.0 Å². The highest BCUT2D eigenvalue weighted by atomic mass is 16.5. The molecule has 3 heteroatoms. The van der Waals surface area contributed by atoms with Crippen molar-refractivity contribution in [2.24, 2.45) is 0 Å². The molecule has 1 aromatic carbocycles. The van der Waals surface area contributed by atoms with Crippen molar-refractivity contribution in [3.8, 4) is 0 Å². The zero-order valence-corrected chi connectivity index (χ0v) is 12.4. The van der Waals surface area contributed by atoms with Crippen molar-refractivity contribution in [1.82, 2.24) is 4.57 Å². The molecule has 1 saturated carbocycles. The minimum atomic E-state index is 0.107. The van der Waals surface area contributed by atoms with Crippen molar-refractivity contribution in [1.29, 1.82) is 0 Å². The van der Waals surface area contributed by atoms with Gasteiger partial charge in [0.2, 0.25) is 0 Å². The summed E-state index contributed by atoms with van der Waals surface area (Å²) in [7, 11) is 0. The number of hydrogen-bond acceptors (Lipinski definition) is 2. The minimum Gasteiger partial charge on any atom is -0.392 e. The van der Waals surface area contributed by atoms with Gasteiger partial charge in [-0.2, -0.15) is 0 Å². The molecule has 2 fully saturated rings. The summed E-state index contributed by atoms with van der Waals surface area (Å²) in [6, 6.07) is 8.32. The van der Waals surface area contributed by atoms with E-state index in [-0.39, 0.29) is 12.2 Å². The van der Waals surface area contributed by atoms with Gasteiger partial charge in [0.15, 0.2) is 0 Å². The van der Waals surface area contributed by atoms with E-state index >= 15 is 0 Å². The van der Waals surface area contributed by atoms with Crippen LogP contribution in [0.25, 0.3) is 10.9 Å². The van der Waals surface area contributed by atoms with Gasteiger partial charge in [-0.25, -0.2) is 0 Å². The summed E-state index contributed by atoms with van der Waals surface area (Å²) >= 11 is 0. The van der Waals surface area contributed by atoms with Crippen LogP contribution in [0.2, 0.25) is 0 Å². The van der Waals surface area contributed by atoms with Gasteiger partial charge >= 0.3 is 0 Å². The molecule has 1 spiro atoms. The van der Waals surface area contributed by atoms with Gasteiger partial charge in [-0.3, -0.25) is 0 Å². The summed E-state index contributed by atoms with van der Waals surface area (Å²) in [5.41, 5.74) is 2.43. The summed E-state index contributed by atoms with van der Waals surface area (Å²) in [6.07, 6.45) is 10.1. The van der Waals surface area contributed by atoms with Crippen molar-refractivity contribution in [2.45, 2.75) is 63.4 Å². The van der Waals surface area contributed by atoms with E-state index in [0.29, 0.717) is 6.10 Å². The molecule has 0 bridgehead atoms. The largest absolute Gasteiger partial charge is 0.392 e. The van der Waals surface area contributed by atoms with Gasteiger partial charge in [0, 0.05) is 18.3 Å². The van der Waals surface area contributed by atoms with Crippen LogP contribution >= 0.6 is 0 Å². The number of ether oxygens (including phenoxy) is 1. The summed E-state index contributed by atoms with van der Waals surface area (Å²) in [6.45, 7) is 1.05. The third-order valence-electron chi connectivity index (χ3n) is 5.27. The quantitative estimate of drug-likeness (QED) is 0.934. The van der Waals surface area contributed by atoms with E-state index in [4.69, 9.17) is 4.74 Å². The highest BCUT2D eigenvalue weighted by Crippen LogP contribution is 2.43. The number of aliphatic hydroxyl groups is 1. The summed E-state index contributed by atoms with van der Waals surface area (Å²) in [5.74, 6) is 0. The lowest BCUT2D eigenvalue weighted by atomic mass is 9.98. The summed E-state index contributed by atoms with van der Waals surface area (Å²) in [4.78, 5) is 0. The second-order valence-corrected chi connectivity index (χ2v) is 6.69. The van der Waals surface area contributed by atoms with Gasteiger partial charge < -0.3 is 14.4 Å². The SMILES string of the molecule is OCc1ccc2c(ccn2CC2CCC3(CCCC3)O2)c1. The third kappa shape index (κ3) is 2.39. The first kappa shape index (κ1) is 13.4.